The van der Waals surface area contributed by atoms with E-state index in [1.807, 2.05) is 97.3 Å². The number of ether oxygens (including phenoxy) is 1. The second-order valence-electron chi connectivity index (χ2n) is 7.43. The third-order valence-electron chi connectivity index (χ3n) is 4.88. The number of thioether (sulfide) groups is 1. The van der Waals surface area contributed by atoms with Crippen LogP contribution in [0, 0.1) is 6.92 Å². The minimum atomic E-state index is -0.230. The van der Waals surface area contributed by atoms with Crippen LogP contribution < -0.4 is 10.2 Å². The number of nitrogens with zero attached hydrogens (tertiary/aromatic N) is 4. The summed E-state index contributed by atoms with van der Waals surface area (Å²) in [5.41, 5.74) is 6.49. The molecule has 4 rings (SSSR count). The first-order valence-corrected chi connectivity index (χ1v) is 11.9. The Morgan fingerprint density at radius 1 is 1.03 bits per heavy atom. The molecule has 1 heterocycles. The average molecular weight is 472 g/mol. The van der Waals surface area contributed by atoms with E-state index in [1.165, 1.54) is 17.3 Å². The van der Waals surface area contributed by atoms with Crippen molar-refractivity contribution in [2.24, 2.45) is 5.10 Å². The molecular weight excluding hydrogens is 446 g/mol. The molecule has 0 bridgehead atoms. The van der Waals surface area contributed by atoms with Crippen LogP contribution in [0.1, 0.15) is 18.1 Å². The van der Waals surface area contributed by atoms with Gasteiger partial charge in [0.15, 0.2) is 11.0 Å². The van der Waals surface area contributed by atoms with Gasteiger partial charge in [0.05, 0.1) is 18.6 Å². The third-order valence-corrected chi connectivity index (χ3v) is 5.81. The summed E-state index contributed by atoms with van der Waals surface area (Å²) >= 11 is 1.31. The Bertz CT molecular complexity index is 1250. The molecule has 1 N–H and O–H groups in total. The molecule has 0 aliphatic carbocycles. The molecule has 0 unspecified atom stereocenters. The first-order valence-electron chi connectivity index (χ1n) is 10.9. The van der Waals surface area contributed by atoms with Crippen LogP contribution in [-0.2, 0) is 4.79 Å². The number of carbonyl (C=O) groups is 1. The Hall–Kier alpha value is -3.91. The van der Waals surface area contributed by atoms with Gasteiger partial charge in [-0.1, -0.05) is 59.8 Å². The maximum Gasteiger partial charge on any atom is 0.250 e. The third kappa shape index (κ3) is 5.90. The molecule has 1 aromatic heterocycles. The van der Waals surface area contributed by atoms with E-state index in [0.717, 1.165) is 28.4 Å². The van der Waals surface area contributed by atoms with E-state index in [9.17, 15) is 4.79 Å². The van der Waals surface area contributed by atoms with Gasteiger partial charge in [0.2, 0.25) is 0 Å². The molecule has 0 radical (unpaired) electrons. The molecule has 0 atom stereocenters. The summed E-state index contributed by atoms with van der Waals surface area (Å²) in [4.78, 5) is 12.4. The van der Waals surface area contributed by atoms with E-state index in [2.05, 4.69) is 20.7 Å². The van der Waals surface area contributed by atoms with Crippen molar-refractivity contribution in [3.63, 3.8) is 0 Å². The number of rotatable bonds is 9. The number of hydrogen-bond donors (Lipinski definition) is 1. The number of aromatic nitrogens is 3. The summed E-state index contributed by atoms with van der Waals surface area (Å²) in [7, 11) is 0. The van der Waals surface area contributed by atoms with E-state index in [4.69, 9.17) is 4.74 Å². The van der Waals surface area contributed by atoms with Gasteiger partial charge in [0.1, 0.15) is 5.75 Å². The summed E-state index contributed by atoms with van der Waals surface area (Å²) in [5.74, 6) is 1.45. The Balaban J connectivity index is 1.44. The fraction of sp³-hybridized carbons (Fsp3) is 0.154. The molecule has 0 saturated heterocycles. The van der Waals surface area contributed by atoms with Gasteiger partial charge >= 0.3 is 0 Å². The van der Waals surface area contributed by atoms with Crippen LogP contribution in [0.15, 0.2) is 89.1 Å². The predicted octanol–water partition coefficient (Wildman–Crippen LogP) is 4.88. The second kappa shape index (κ2) is 11.3. The van der Waals surface area contributed by atoms with Crippen LogP contribution in [0.3, 0.4) is 0 Å². The molecule has 1 amide bonds. The summed E-state index contributed by atoms with van der Waals surface area (Å²) < 4.78 is 7.39. The number of amides is 1. The highest BCUT2D eigenvalue weighted by Crippen LogP contribution is 2.28. The number of hydrogen-bond acceptors (Lipinski definition) is 6. The van der Waals surface area contributed by atoms with Crippen LogP contribution in [0.25, 0.3) is 17.1 Å². The standard InChI is InChI=1S/C26H25N5O2S/c1-3-33-23-15-11-20(12-16-23)17-27-28-24(32)18-34-26-30-29-25(21-13-9-19(2)10-14-21)31(26)22-7-5-4-6-8-22/h4-17H,3,18H2,1-2H3,(H,28,32)/b27-17+. The second-order valence-corrected chi connectivity index (χ2v) is 8.37. The van der Waals surface area contributed by atoms with Crippen LogP contribution in [0.4, 0.5) is 0 Å². The van der Waals surface area contributed by atoms with Gasteiger partial charge in [0, 0.05) is 11.3 Å². The highest BCUT2D eigenvalue weighted by atomic mass is 32.2. The van der Waals surface area contributed by atoms with Crippen LogP contribution in [0.5, 0.6) is 5.75 Å². The van der Waals surface area contributed by atoms with Crippen LogP contribution >= 0.6 is 11.8 Å². The zero-order valence-corrected chi connectivity index (χ0v) is 19.8. The minimum Gasteiger partial charge on any atom is -0.494 e. The predicted molar refractivity (Wildman–Crippen MR) is 136 cm³/mol. The average Bonchev–Trinajstić information content (AvgIpc) is 3.29. The number of aryl methyl sites for hydroxylation is 1. The smallest absolute Gasteiger partial charge is 0.250 e. The molecule has 0 aliphatic rings. The molecule has 172 valence electrons. The lowest BCUT2D eigenvalue weighted by Crippen LogP contribution is -2.20. The van der Waals surface area contributed by atoms with Crippen molar-refractivity contribution >= 4 is 23.9 Å². The van der Waals surface area contributed by atoms with Gasteiger partial charge in [-0.05, 0) is 55.8 Å². The molecule has 0 fully saturated rings. The van der Waals surface area contributed by atoms with Crippen LogP contribution in [-0.4, -0.2) is 39.2 Å². The highest BCUT2D eigenvalue weighted by Gasteiger charge is 2.17. The summed E-state index contributed by atoms with van der Waals surface area (Å²) in [6.45, 7) is 4.60. The fourth-order valence-electron chi connectivity index (χ4n) is 3.22. The zero-order chi connectivity index (χ0) is 23.8. The summed E-state index contributed by atoms with van der Waals surface area (Å²) in [5, 5.41) is 13.5. The van der Waals surface area contributed by atoms with E-state index in [-0.39, 0.29) is 11.7 Å². The van der Waals surface area contributed by atoms with E-state index in [1.54, 1.807) is 6.21 Å². The number of hydrazone groups is 1. The molecule has 8 heteroatoms. The van der Waals surface area contributed by atoms with Crippen molar-refractivity contribution in [3.05, 3.63) is 90.0 Å². The van der Waals surface area contributed by atoms with Gasteiger partial charge in [-0.25, -0.2) is 5.43 Å². The first-order chi connectivity index (χ1) is 16.6. The Morgan fingerprint density at radius 2 is 1.76 bits per heavy atom. The highest BCUT2D eigenvalue weighted by molar-refractivity contribution is 7.99. The zero-order valence-electron chi connectivity index (χ0n) is 19.0. The Kier molecular flexibility index (Phi) is 7.72. The van der Waals surface area contributed by atoms with Crippen molar-refractivity contribution in [2.45, 2.75) is 19.0 Å². The summed E-state index contributed by atoms with van der Waals surface area (Å²) in [6, 6.07) is 25.5. The SMILES string of the molecule is CCOc1ccc(/C=N/NC(=O)CSc2nnc(-c3ccc(C)cc3)n2-c2ccccc2)cc1. The van der Waals surface area contributed by atoms with E-state index >= 15 is 0 Å². The van der Waals surface area contributed by atoms with Gasteiger partial charge in [0.25, 0.3) is 5.91 Å². The lowest BCUT2D eigenvalue weighted by Gasteiger charge is -2.10. The molecule has 3 aromatic carbocycles. The monoisotopic (exact) mass is 471 g/mol. The molecule has 4 aromatic rings. The number of nitrogens with one attached hydrogen (secondary N) is 1. The molecule has 0 saturated carbocycles. The quantitative estimate of drug-likeness (QED) is 0.214. The molecular formula is C26H25N5O2S. The van der Waals surface area contributed by atoms with E-state index in [0.29, 0.717) is 11.8 Å². The minimum absolute atomic E-state index is 0.152. The lowest BCUT2D eigenvalue weighted by atomic mass is 10.1. The van der Waals surface area contributed by atoms with Crippen molar-refractivity contribution in [2.75, 3.05) is 12.4 Å². The van der Waals surface area contributed by atoms with Crippen molar-refractivity contribution < 1.29 is 9.53 Å². The van der Waals surface area contributed by atoms with E-state index < -0.39 is 0 Å². The number of benzene rings is 3. The fourth-order valence-corrected chi connectivity index (χ4v) is 3.97. The number of carbonyl (C=O) groups excluding carboxylic acids is 1. The molecule has 0 spiro atoms. The van der Waals surface area contributed by atoms with Crippen molar-refractivity contribution in [1.82, 2.24) is 20.2 Å². The molecule has 7 nitrogen and oxygen atoms in total. The van der Waals surface area contributed by atoms with Crippen LogP contribution in [0.2, 0.25) is 0 Å². The normalized spacial score (nSPS) is 11.0. The van der Waals surface area contributed by atoms with Crippen molar-refractivity contribution in [3.8, 4) is 22.8 Å². The topological polar surface area (TPSA) is 81.4 Å². The maximum atomic E-state index is 12.4. The molecule has 34 heavy (non-hydrogen) atoms. The Morgan fingerprint density at radius 3 is 2.47 bits per heavy atom. The van der Waals surface area contributed by atoms with Gasteiger partial charge in [-0.2, -0.15) is 5.10 Å². The Labute approximate surface area is 202 Å². The van der Waals surface area contributed by atoms with Gasteiger partial charge < -0.3 is 4.74 Å². The number of para-hydroxylation sites is 1. The largest absolute Gasteiger partial charge is 0.494 e. The van der Waals surface area contributed by atoms with Crippen molar-refractivity contribution in [1.29, 1.82) is 0 Å². The first kappa shape index (κ1) is 23.3. The molecule has 0 aliphatic heterocycles. The lowest BCUT2D eigenvalue weighted by molar-refractivity contribution is -0.118. The van der Waals surface area contributed by atoms with Gasteiger partial charge in [-0.15, -0.1) is 10.2 Å². The maximum absolute atomic E-state index is 12.4. The van der Waals surface area contributed by atoms with Gasteiger partial charge in [-0.3, -0.25) is 9.36 Å². The summed E-state index contributed by atoms with van der Waals surface area (Å²) in [6.07, 6.45) is 1.60.